The van der Waals surface area contributed by atoms with E-state index < -0.39 is 52.6 Å². The molecule has 9 nitrogen and oxygen atoms in total. The molecule has 0 bridgehead atoms. The first kappa shape index (κ1) is 28.7. The van der Waals surface area contributed by atoms with Crippen LogP contribution in [0.3, 0.4) is 0 Å². The van der Waals surface area contributed by atoms with Gasteiger partial charge in [-0.2, -0.15) is 13.2 Å². The van der Waals surface area contributed by atoms with Crippen LogP contribution in [0.25, 0.3) is 5.69 Å². The highest BCUT2D eigenvalue weighted by atomic mass is 35.5. The lowest BCUT2D eigenvalue weighted by molar-refractivity contribution is -0.148. The number of aromatic nitrogens is 2. The van der Waals surface area contributed by atoms with Gasteiger partial charge in [0.05, 0.1) is 17.3 Å². The summed E-state index contributed by atoms with van der Waals surface area (Å²) in [6, 6.07) is 7.56. The fourth-order valence-electron chi connectivity index (χ4n) is 3.53. The molecule has 1 heterocycles. The van der Waals surface area contributed by atoms with Crippen LogP contribution in [0.15, 0.2) is 52.1 Å². The Bertz CT molecular complexity index is 1470. The van der Waals surface area contributed by atoms with Crippen molar-refractivity contribution in [3.8, 4) is 22.9 Å². The van der Waals surface area contributed by atoms with Gasteiger partial charge in [0, 0.05) is 32.2 Å². The van der Waals surface area contributed by atoms with E-state index in [1.54, 1.807) is 6.92 Å². The van der Waals surface area contributed by atoms with Crippen LogP contribution in [-0.2, 0) is 22.8 Å². The van der Waals surface area contributed by atoms with Crippen molar-refractivity contribution >= 4 is 17.6 Å². The predicted octanol–water partition coefficient (Wildman–Crippen LogP) is 4.25. The number of nitrogens with zero attached hydrogens (tertiary/aromatic N) is 2. The molecule has 0 radical (unpaired) electrons. The monoisotopic (exact) mass is 560 g/mol. The molecule has 0 saturated carbocycles. The van der Waals surface area contributed by atoms with E-state index in [-0.39, 0.29) is 44.1 Å². The van der Waals surface area contributed by atoms with Crippen LogP contribution >= 0.6 is 11.6 Å². The molecule has 3 aromatic rings. The quantitative estimate of drug-likeness (QED) is 0.390. The van der Waals surface area contributed by atoms with Crippen molar-refractivity contribution in [2.45, 2.75) is 19.2 Å². The number of alkyl halides is 3. The van der Waals surface area contributed by atoms with Gasteiger partial charge >= 0.3 is 17.8 Å². The molecule has 2 aromatic carbocycles. The van der Waals surface area contributed by atoms with E-state index in [4.69, 9.17) is 25.8 Å². The fraction of sp³-hybridized carbons (Fsp3) is 0.292. The molecule has 204 valence electrons. The lowest BCUT2D eigenvalue weighted by atomic mass is 10.1. The number of hydrogen-bond donors (Lipinski definition) is 1. The Hall–Kier alpha value is -3.84. The van der Waals surface area contributed by atoms with Gasteiger partial charge in [0.25, 0.3) is 5.56 Å². The van der Waals surface area contributed by atoms with Crippen molar-refractivity contribution in [2.75, 3.05) is 13.7 Å². The van der Waals surface area contributed by atoms with E-state index in [9.17, 15) is 37.1 Å². The first-order chi connectivity index (χ1) is 17.8. The molecular formula is C24H21ClF4N2O7. The smallest absolute Gasteiger partial charge is 0.431 e. The molecule has 1 N–H and O–H groups in total. The van der Waals surface area contributed by atoms with Crippen LogP contribution in [0, 0.1) is 11.7 Å². The Morgan fingerprint density at radius 3 is 2.32 bits per heavy atom. The van der Waals surface area contributed by atoms with Crippen molar-refractivity contribution in [1.29, 1.82) is 0 Å². The average Bonchev–Trinajstić information content (AvgIpc) is 2.82. The normalized spacial score (nSPS) is 13.2. The molecule has 0 spiro atoms. The average molecular weight is 561 g/mol. The number of ether oxygens (including phenoxy) is 3. The van der Waals surface area contributed by atoms with E-state index in [1.165, 1.54) is 31.4 Å². The van der Waals surface area contributed by atoms with Crippen LogP contribution in [0.4, 0.5) is 17.6 Å². The lowest BCUT2D eigenvalue weighted by Gasteiger charge is -2.22. The number of hydrogen-bond acceptors (Lipinski definition) is 6. The Balaban J connectivity index is 2.08. The molecule has 0 fully saturated rings. The number of carbonyl (C=O) groups is 1. The second-order valence-corrected chi connectivity index (χ2v) is 8.54. The molecule has 1 aromatic heterocycles. The maximum Gasteiger partial charge on any atom is 0.431 e. The van der Waals surface area contributed by atoms with Crippen molar-refractivity contribution in [3.05, 3.63) is 79.8 Å². The lowest BCUT2D eigenvalue weighted by Crippen LogP contribution is -2.41. The van der Waals surface area contributed by atoms with Crippen molar-refractivity contribution in [3.63, 3.8) is 0 Å². The zero-order valence-corrected chi connectivity index (χ0v) is 20.8. The summed E-state index contributed by atoms with van der Waals surface area (Å²) in [4.78, 5) is 36.8. The Morgan fingerprint density at radius 1 is 1.11 bits per heavy atom. The minimum absolute atomic E-state index is 0.0348. The number of carboxylic acid groups (broad SMARTS) is 1. The first-order valence-corrected chi connectivity index (χ1v) is 11.2. The van der Waals surface area contributed by atoms with E-state index in [0.717, 1.165) is 13.1 Å². The van der Waals surface area contributed by atoms with Crippen LogP contribution in [-0.4, -0.2) is 40.0 Å². The highest BCUT2D eigenvalue weighted by Crippen LogP contribution is 2.37. The van der Waals surface area contributed by atoms with Gasteiger partial charge in [-0.25, -0.2) is 18.5 Å². The largest absolute Gasteiger partial charge is 0.478 e. The summed E-state index contributed by atoms with van der Waals surface area (Å²) in [5.41, 5.74) is -5.14. The summed E-state index contributed by atoms with van der Waals surface area (Å²) < 4.78 is 71.0. The number of halogens is 5. The SMILES string of the molecule is COCC(C)C(Oc1ccccc1Oc1cc(-n2c(=O)cc(C(F)(F)F)n(C)c2=O)c(F)cc1Cl)C(=O)O. The van der Waals surface area contributed by atoms with Gasteiger partial charge in [-0.1, -0.05) is 30.7 Å². The van der Waals surface area contributed by atoms with Crippen molar-refractivity contribution < 1.29 is 41.7 Å². The molecular weight excluding hydrogens is 540 g/mol. The van der Waals surface area contributed by atoms with E-state index in [0.29, 0.717) is 6.07 Å². The summed E-state index contributed by atoms with van der Waals surface area (Å²) in [5, 5.41) is 9.26. The van der Waals surface area contributed by atoms with E-state index >= 15 is 0 Å². The van der Waals surface area contributed by atoms with E-state index in [1.807, 2.05) is 0 Å². The standard InChI is InChI=1S/C24H21ClF4N2O7/c1-12(11-36-3)21(22(33)34)38-17-7-5-4-6-16(17)37-18-9-15(14(26)8-13(18)25)31-20(32)10-19(24(27,28)29)30(2)23(31)35/h4-10,12,21H,11H2,1-3H3,(H,33,34). The molecule has 0 saturated heterocycles. The summed E-state index contributed by atoms with van der Waals surface area (Å²) in [7, 11) is 2.18. The van der Waals surface area contributed by atoms with Crippen molar-refractivity contribution in [2.24, 2.45) is 13.0 Å². The number of carboxylic acids is 1. The third kappa shape index (κ3) is 6.00. The summed E-state index contributed by atoms with van der Waals surface area (Å²) >= 11 is 6.10. The topological polar surface area (TPSA) is 109 Å². The minimum atomic E-state index is -5.00. The van der Waals surface area contributed by atoms with Gasteiger partial charge in [0.1, 0.15) is 17.3 Å². The predicted molar refractivity (Wildman–Crippen MR) is 127 cm³/mol. The number of para-hydroxylation sites is 2. The Kier molecular flexibility index (Phi) is 8.52. The molecule has 14 heteroatoms. The molecule has 38 heavy (non-hydrogen) atoms. The number of aliphatic carboxylic acids is 1. The third-order valence-electron chi connectivity index (χ3n) is 5.37. The van der Waals surface area contributed by atoms with Crippen molar-refractivity contribution in [1.82, 2.24) is 9.13 Å². The van der Waals surface area contributed by atoms with Gasteiger partial charge in [0.2, 0.25) is 6.10 Å². The number of rotatable bonds is 9. The summed E-state index contributed by atoms with van der Waals surface area (Å²) in [5.74, 6) is -3.43. The maximum absolute atomic E-state index is 14.8. The highest BCUT2D eigenvalue weighted by molar-refractivity contribution is 6.32. The minimum Gasteiger partial charge on any atom is -0.478 e. The molecule has 2 atom stereocenters. The number of methoxy groups -OCH3 is 1. The molecule has 0 amide bonds. The van der Waals surface area contributed by atoms with Crippen LogP contribution in [0.5, 0.6) is 17.2 Å². The van der Waals surface area contributed by atoms with Crippen LogP contribution < -0.4 is 20.7 Å². The zero-order valence-electron chi connectivity index (χ0n) is 20.1. The van der Waals surface area contributed by atoms with Crippen LogP contribution in [0.2, 0.25) is 5.02 Å². The van der Waals surface area contributed by atoms with Gasteiger partial charge in [-0.15, -0.1) is 0 Å². The highest BCUT2D eigenvalue weighted by Gasteiger charge is 2.35. The molecule has 0 aliphatic heterocycles. The summed E-state index contributed by atoms with van der Waals surface area (Å²) in [6.45, 7) is 1.67. The van der Waals surface area contributed by atoms with Crippen LogP contribution in [0.1, 0.15) is 12.6 Å². The Morgan fingerprint density at radius 2 is 1.74 bits per heavy atom. The zero-order chi connectivity index (χ0) is 28.4. The summed E-state index contributed by atoms with van der Waals surface area (Å²) in [6.07, 6.45) is -6.34. The van der Waals surface area contributed by atoms with Gasteiger partial charge in [0.15, 0.2) is 11.5 Å². The molecule has 0 aliphatic carbocycles. The molecule has 3 rings (SSSR count). The molecule has 0 aliphatic rings. The number of benzene rings is 2. The van der Waals surface area contributed by atoms with E-state index in [2.05, 4.69) is 0 Å². The second kappa shape index (κ2) is 11.3. The fourth-order valence-corrected chi connectivity index (χ4v) is 3.72. The maximum atomic E-state index is 14.8. The third-order valence-corrected chi connectivity index (χ3v) is 5.66. The van der Waals surface area contributed by atoms with Gasteiger partial charge in [-0.05, 0) is 18.2 Å². The first-order valence-electron chi connectivity index (χ1n) is 10.8. The second-order valence-electron chi connectivity index (χ2n) is 8.13. The van der Waals surface area contributed by atoms with Gasteiger partial charge in [-0.3, -0.25) is 9.36 Å². The Labute approximate surface area is 217 Å². The molecule has 2 unspecified atom stereocenters. The van der Waals surface area contributed by atoms with Gasteiger partial charge < -0.3 is 19.3 Å².